The molecule has 2 aromatic heterocycles. The van der Waals surface area contributed by atoms with Crippen LogP contribution in [0.25, 0.3) is 17.5 Å². The van der Waals surface area contributed by atoms with Crippen molar-refractivity contribution in [2.75, 3.05) is 52.4 Å². The minimum Gasteiger partial charge on any atom is -0.493 e. The lowest BCUT2D eigenvalue weighted by Crippen LogP contribution is -2.48. The molecule has 0 aliphatic carbocycles. The van der Waals surface area contributed by atoms with Crippen molar-refractivity contribution in [3.8, 4) is 28.6 Å². The molecule has 1 amide bonds. The van der Waals surface area contributed by atoms with Gasteiger partial charge in [-0.3, -0.25) is 4.79 Å². The summed E-state index contributed by atoms with van der Waals surface area (Å²) in [5, 5.41) is 3.91. The molecule has 0 N–H and O–H groups in total. The normalized spacial score (nSPS) is 13.9. The molecule has 3 aromatic rings. The van der Waals surface area contributed by atoms with E-state index in [1.807, 2.05) is 17.0 Å². The second kappa shape index (κ2) is 10.2. The third kappa shape index (κ3) is 4.95. The fourth-order valence-electron chi connectivity index (χ4n) is 3.75. The lowest BCUT2D eigenvalue weighted by molar-refractivity contribution is -0.126. The van der Waals surface area contributed by atoms with E-state index in [2.05, 4.69) is 20.0 Å². The van der Waals surface area contributed by atoms with Gasteiger partial charge < -0.3 is 28.5 Å². The maximum atomic E-state index is 12.7. The van der Waals surface area contributed by atoms with Crippen molar-refractivity contribution >= 4 is 17.8 Å². The summed E-state index contributed by atoms with van der Waals surface area (Å²) < 4.78 is 21.1. The second-order valence-corrected chi connectivity index (χ2v) is 7.65. The van der Waals surface area contributed by atoms with Crippen LogP contribution in [0.2, 0.25) is 0 Å². The van der Waals surface area contributed by atoms with Gasteiger partial charge in [0.25, 0.3) is 0 Å². The van der Waals surface area contributed by atoms with Crippen molar-refractivity contribution in [1.29, 1.82) is 0 Å². The highest BCUT2D eigenvalue weighted by Gasteiger charge is 2.21. The van der Waals surface area contributed by atoms with E-state index in [0.717, 1.165) is 16.9 Å². The van der Waals surface area contributed by atoms with Crippen LogP contribution < -0.4 is 19.1 Å². The summed E-state index contributed by atoms with van der Waals surface area (Å²) in [5.74, 6) is 3.42. The SMILES string of the molecule is COc1cc(/C=C\C(=O)N2CCN(c3ccc(-c4noc(C)n4)cn3)CC2)cc(OC)c1OC. The number of benzene rings is 1. The molecule has 0 radical (unpaired) electrons. The van der Waals surface area contributed by atoms with Crippen LogP contribution >= 0.6 is 0 Å². The molecule has 0 bridgehead atoms. The minimum absolute atomic E-state index is 0.0517. The van der Waals surface area contributed by atoms with Gasteiger partial charge >= 0.3 is 0 Å². The molecule has 3 heterocycles. The van der Waals surface area contributed by atoms with Crippen LogP contribution in [0.5, 0.6) is 17.2 Å². The summed E-state index contributed by atoms with van der Waals surface area (Å²) in [6.45, 7) is 4.34. The number of pyridine rings is 1. The summed E-state index contributed by atoms with van der Waals surface area (Å²) in [6, 6.07) is 7.45. The number of ether oxygens (including phenoxy) is 3. The van der Waals surface area contributed by atoms with E-state index in [4.69, 9.17) is 18.7 Å². The van der Waals surface area contributed by atoms with Gasteiger partial charge in [0.05, 0.1) is 21.3 Å². The quantitative estimate of drug-likeness (QED) is 0.487. The molecule has 1 aliphatic heterocycles. The summed E-state index contributed by atoms with van der Waals surface area (Å²) in [4.78, 5) is 25.5. The van der Waals surface area contributed by atoms with Gasteiger partial charge in [0.15, 0.2) is 11.5 Å². The number of aromatic nitrogens is 3. The van der Waals surface area contributed by atoms with Crippen LogP contribution in [0.1, 0.15) is 11.5 Å². The number of nitrogens with zero attached hydrogens (tertiary/aromatic N) is 5. The van der Waals surface area contributed by atoms with Crippen LogP contribution in [0, 0.1) is 6.92 Å². The van der Waals surface area contributed by atoms with Gasteiger partial charge in [-0.05, 0) is 35.9 Å². The number of carbonyl (C=O) groups is 1. The van der Waals surface area contributed by atoms with Crippen molar-refractivity contribution < 1.29 is 23.5 Å². The lowest BCUT2D eigenvalue weighted by Gasteiger charge is -2.35. The number of amides is 1. The zero-order valence-electron chi connectivity index (χ0n) is 19.6. The highest BCUT2D eigenvalue weighted by molar-refractivity contribution is 5.92. The molecule has 0 unspecified atom stereocenters. The molecule has 4 rings (SSSR count). The molecule has 10 nitrogen and oxygen atoms in total. The van der Waals surface area contributed by atoms with Gasteiger partial charge in [0, 0.05) is 50.9 Å². The smallest absolute Gasteiger partial charge is 0.246 e. The van der Waals surface area contributed by atoms with Crippen LogP contribution in [0.15, 0.2) is 41.1 Å². The Kier molecular flexibility index (Phi) is 6.95. The second-order valence-electron chi connectivity index (χ2n) is 7.65. The number of methoxy groups -OCH3 is 3. The van der Waals surface area contributed by atoms with Gasteiger partial charge in [0.1, 0.15) is 5.82 Å². The highest BCUT2D eigenvalue weighted by atomic mass is 16.5. The Hall–Kier alpha value is -4.08. The zero-order valence-corrected chi connectivity index (χ0v) is 19.6. The van der Waals surface area contributed by atoms with Gasteiger partial charge in [-0.25, -0.2) is 4.98 Å². The molecule has 0 spiro atoms. The highest BCUT2D eigenvalue weighted by Crippen LogP contribution is 2.38. The summed E-state index contributed by atoms with van der Waals surface area (Å²) >= 11 is 0. The van der Waals surface area contributed by atoms with Crippen molar-refractivity contribution in [3.05, 3.63) is 48.0 Å². The van der Waals surface area contributed by atoms with Crippen LogP contribution in [0.4, 0.5) is 5.82 Å². The predicted octanol–water partition coefficient (Wildman–Crippen LogP) is 2.83. The minimum atomic E-state index is -0.0517. The van der Waals surface area contributed by atoms with Gasteiger partial charge in [-0.15, -0.1) is 0 Å². The summed E-state index contributed by atoms with van der Waals surface area (Å²) in [6.07, 6.45) is 5.05. The Morgan fingerprint density at radius 1 is 1.03 bits per heavy atom. The zero-order chi connectivity index (χ0) is 24.1. The first-order chi connectivity index (χ1) is 16.5. The van der Waals surface area contributed by atoms with Crippen molar-refractivity contribution in [2.24, 2.45) is 0 Å². The van der Waals surface area contributed by atoms with Gasteiger partial charge in [-0.1, -0.05) is 5.16 Å². The number of rotatable bonds is 7. The lowest BCUT2D eigenvalue weighted by atomic mass is 10.1. The Balaban J connectivity index is 1.36. The molecule has 0 atom stereocenters. The van der Waals surface area contributed by atoms with E-state index < -0.39 is 0 Å². The Bertz CT molecular complexity index is 1140. The van der Waals surface area contributed by atoms with Crippen molar-refractivity contribution in [3.63, 3.8) is 0 Å². The molecule has 1 aromatic carbocycles. The monoisotopic (exact) mass is 465 g/mol. The first-order valence-corrected chi connectivity index (χ1v) is 10.8. The van der Waals surface area contributed by atoms with Crippen molar-refractivity contribution in [2.45, 2.75) is 6.92 Å². The first-order valence-electron chi connectivity index (χ1n) is 10.8. The van der Waals surface area contributed by atoms with E-state index >= 15 is 0 Å². The molecule has 1 saturated heterocycles. The largest absolute Gasteiger partial charge is 0.493 e. The van der Waals surface area contributed by atoms with E-state index in [-0.39, 0.29) is 5.91 Å². The summed E-state index contributed by atoms with van der Waals surface area (Å²) in [7, 11) is 4.67. The molecule has 10 heteroatoms. The van der Waals surface area contributed by atoms with Gasteiger partial charge in [0.2, 0.25) is 23.4 Å². The van der Waals surface area contributed by atoms with Crippen LogP contribution in [-0.2, 0) is 4.79 Å². The number of carbonyl (C=O) groups excluding carboxylic acids is 1. The fraction of sp³-hybridized carbons (Fsp3) is 0.333. The van der Waals surface area contributed by atoms with E-state index in [1.165, 1.54) is 0 Å². The average molecular weight is 466 g/mol. The first kappa shape index (κ1) is 23.1. The van der Waals surface area contributed by atoms with E-state index in [1.54, 1.807) is 58.7 Å². The van der Waals surface area contributed by atoms with E-state index in [0.29, 0.717) is 55.1 Å². The molecule has 1 aliphatic rings. The van der Waals surface area contributed by atoms with Crippen LogP contribution in [0.3, 0.4) is 0 Å². The molecule has 1 fully saturated rings. The number of anilines is 1. The number of aryl methyl sites for hydroxylation is 1. The molecular weight excluding hydrogens is 438 g/mol. The maximum Gasteiger partial charge on any atom is 0.246 e. The molecule has 0 saturated carbocycles. The third-order valence-corrected chi connectivity index (χ3v) is 5.55. The average Bonchev–Trinajstić information content (AvgIpc) is 3.32. The third-order valence-electron chi connectivity index (χ3n) is 5.55. The predicted molar refractivity (Wildman–Crippen MR) is 126 cm³/mol. The number of hydrogen-bond acceptors (Lipinski definition) is 9. The Morgan fingerprint density at radius 3 is 2.26 bits per heavy atom. The Morgan fingerprint density at radius 2 is 1.74 bits per heavy atom. The summed E-state index contributed by atoms with van der Waals surface area (Å²) in [5.41, 5.74) is 1.58. The van der Waals surface area contributed by atoms with Crippen molar-refractivity contribution in [1.82, 2.24) is 20.0 Å². The fourth-order valence-corrected chi connectivity index (χ4v) is 3.75. The topological polar surface area (TPSA) is 103 Å². The number of piperazine rings is 1. The molecule has 178 valence electrons. The standard InChI is InChI=1S/C24H27N5O5/c1-16-26-24(27-34-16)18-6-7-21(25-15-18)28-9-11-29(12-10-28)22(30)8-5-17-13-19(31-2)23(33-4)20(14-17)32-3/h5-8,13-15H,9-12H2,1-4H3/b8-5-. The van der Waals surface area contributed by atoms with Gasteiger partial charge in [-0.2, -0.15) is 4.98 Å². The molecule has 34 heavy (non-hydrogen) atoms. The maximum absolute atomic E-state index is 12.7. The number of hydrogen-bond donors (Lipinski definition) is 0. The van der Waals surface area contributed by atoms with Crippen LogP contribution in [-0.4, -0.2) is 73.4 Å². The Labute approximate surface area is 197 Å². The van der Waals surface area contributed by atoms with E-state index in [9.17, 15) is 4.79 Å². The molecular formula is C24H27N5O5.